The first-order valence-corrected chi connectivity index (χ1v) is 13.0. The van der Waals surface area contributed by atoms with Crippen LogP contribution in [0.25, 0.3) is 11.1 Å². The van der Waals surface area contributed by atoms with Crippen LogP contribution >= 0.6 is 11.3 Å². The highest BCUT2D eigenvalue weighted by molar-refractivity contribution is 7.90. The molecule has 0 saturated heterocycles. The number of carbonyl (C=O) groups excluding carboxylic acids is 1. The zero-order valence-electron chi connectivity index (χ0n) is 18.2. The SMILES string of the molecule is CCCCS(=O)(=O)NC(=O)c1sc(CC(C)C)cc1-c1ccc(Cn2ccnc2)cc1. The van der Waals surface area contributed by atoms with E-state index in [1.807, 2.05) is 48.0 Å². The van der Waals surface area contributed by atoms with E-state index in [0.29, 0.717) is 23.8 Å². The average molecular weight is 460 g/mol. The highest BCUT2D eigenvalue weighted by Crippen LogP contribution is 2.33. The molecule has 0 bridgehead atoms. The quantitative estimate of drug-likeness (QED) is 0.476. The summed E-state index contributed by atoms with van der Waals surface area (Å²) < 4.78 is 28.8. The molecule has 0 saturated carbocycles. The van der Waals surface area contributed by atoms with Gasteiger partial charge in [0.15, 0.2) is 0 Å². The lowest BCUT2D eigenvalue weighted by molar-refractivity contribution is 0.0986. The molecule has 8 heteroatoms. The molecule has 31 heavy (non-hydrogen) atoms. The third kappa shape index (κ3) is 6.51. The highest BCUT2D eigenvalue weighted by atomic mass is 32.2. The Balaban J connectivity index is 1.87. The molecule has 0 aliphatic carbocycles. The van der Waals surface area contributed by atoms with Crippen LogP contribution in [0.3, 0.4) is 0 Å². The van der Waals surface area contributed by atoms with E-state index >= 15 is 0 Å². The van der Waals surface area contributed by atoms with Crippen molar-refractivity contribution in [1.82, 2.24) is 14.3 Å². The fourth-order valence-corrected chi connectivity index (χ4v) is 5.79. The predicted octanol–water partition coefficient (Wildman–Crippen LogP) is 4.72. The van der Waals surface area contributed by atoms with E-state index in [1.165, 1.54) is 11.3 Å². The molecule has 0 atom stereocenters. The second-order valence-corrected chi connectivity index (χ2v) is 11.1. The van der Waals surface area contributed by atoms with Crippen LogP contribution in [-0.4, -0.2) is 29.6 Å². The third-order valence-electron chi connectivity index (χ3n) is 4.80. The molecule has 0 fully saturated rings. The molecule has 2 aromatic heterocycles. The van der Waals surface area contributed by atoms with Gasteiger partial charge in [-0.3, -0.25) is 4.79 Å². The molecule has 0 spiro atoms. The molecule has 1 N–H and O–H groups in total. The lowest BCUT2D eigenvalue weighted by Crippen LogP contribution is -2.32. The molecule has 1 amide bonds. The van der Waals surface area contributed by atoms with Gasteiger partial charge in [0.1, 0.15) is 4.88 Å². The maximum atomic E-state index is 12.9. The number of sulfonamides is 1. The van der Waals surface area contributed by atoms with Gasteiger partial charge >= 0.3 is 0 Å². The van der Waals surface area contributed by atoms with Gasteiger partial charge in [-0.05, 0) is 36.0 Å². The summed E-state index contributed by atoms with van der Waals surface area (Å²) >= 11 is 1.37. The maximum Gasteiger partial charge on any atom is 0.275 e. The van der Waals surface area contributed by atoms with Gasteiger partial charge < -0.3 is 4.57 Å². The van der Waals surface area contributed by atoms with Crippen molar-refractivity contribution in [1.29, 1.82) is 0 Å². The van der Waals surface area contributed by atoms with Crippen molar-refractivity contribution in [3.8, 4) is 11.1 Å². The fourth-order valence-electron chi connectivity index (χ4n) is 3.28. The van der Waals surface area contributed by atoms with Crippen LogP contribution in [0.1, 0.15) is 53.7 Å². The maximum absolute atomic E-state index is 12.9. The predicted molar refractivity (Wildman–Crippen MR) is 126 cm³/mol. The van der Waals surface area contributed by atoms with E-state index in [-0.39, 0.29) is 5.75 Å². The number of aromatic nitrogens is 2. The number of benzene rings is 1. The van der Waals surface area contributed by atoms with Crippen LogP contribution in [0.2, 0.25) is 0 Å². The Kier molecular flexibility index (Phi) is 7.67. The van der Waals surface area contributed by atoms with Crippen LogP contribution in [0.15, 0.2) is 49.1 Å². The molecule has 0 aliphatic heterocycles. The van der Waals surface area contributed by atoms with Crippen LogP contribution in [-0.2, 0) is 23.0 Å². The summed E-state index contributed by atoms with van der Waals surface area (Å²) in [6.45, 7) is 6.88. The zero-order valence-corrected chi connectivity index (χ0v) is 19.8. The van der Waals surface area contributed by atoms with Crippen molar-refractivity contribution in [2.24, 2.45) is 5.92 Å². The third-order valence-corrected chi connectivity index (χ3v) is 7.28. The normalized spacial score (nSPS) is 11.7. The van der Waals surface area contributed by atoms with Crippen LogP contribution in [0.4, 0.5) is 0 Å². The van der Waals surface area contributed by atoms with Crippen LogP contribution in [0, 0.1) is 5.92 Å². The summed E-state index contributed by atoms with van der Waals surface area (Å²) in [6, 6.07) is 10.0. The zero-order chi connectivity index (χ0) is 22.4. The smallest absolute Gasteiger partial charge is 0.275 e. The first-order valence-electron chi connectivity index (χ1n) is 10.5. The number of nitrogens with zero attached hydrogens (tertiary/aromatic N) is 2. The molecular formula is C23H29N3O3S2. The number of thiophene rings is 1. The number of hydrogen-bond donors (Lipinski definition) is 1. The van der Waals surface area contributed by atoms with Crippen molar-refractivity contribution in [2.45, 2.75) is 46.6 Å². The average Bonchev–Trinajstić information content (AvgIpc) is 3.36. The standard InChI is InChI=1S/C23H29N3O3S2/c1-4-5-12-31(28,29)25-23(27)22-21(14-20(30-22)13-17(2)3)19-8-6-18(7-9-19)15-26-11-10-24-16-26/h6-11,14,16-17H,4-5,12-13,15H2,1-3H3,(H,25,27). The fraction of sp³-hybridized carbons (Fsp3) is 0.391. The Labute approximate surface area is 188 Å². The number of hydrogen-bond acceptors (Lipinski definition) is 5. The molecule has 166 valence electrons. The van der Waals surface area contributed by atoms with E-state index in [9.17, 15) is 13.2 Å². The summed E-state index contributed by atoms with van der Waals surface area (Å²) in [5.74, 6) is -0.153. The number of carbonyl (C=O) groups is 1. The molecule has 0 aliphatic rings. The monoisotopic (exact) mass is 459 g/mol. The summed E-state index contributed by atoms with van der Waals surface area (Å²) in [4.78, 5) is 18.5. The van der Waals surface area contributed by atoms with E-state index in [1.54, 1.807) is 12.5 Å². The Hall–Kier alpha value is -2.45. The number of imidazole rings is 1. The van der Waals surface area contributed by atoms with Crippen molar-refractivity contribution < 1.29 is 13.2 Å². The van der Waals surface area contributed by atoms with Gasteiger partial charge in [0.2, 0.25) is 10.0 Å². The molecule has 6 nitrogen and oxygen atoms in total. The van der Waals surface area contributed by atoms with E-state index in [0.717, 1.165) is 34.4 Å². The van der Waals surface area contributed by atoms with Crippen molar-refractivity contribution >= 4 is 27.3 Å². The molecule has 2 heterocycles. The van der Waals surface area contributed by atoms with Crippen LogP contribution in [0.5, 0.6) is 0 Å². The molecule has 3 aromatic rings. The van der Waals surface area contributed by atoms with Gasteiger partial charge in [-0.2, -0.15) is 0 Å². The van der Waals surface area contributed by atoms with Crippen molar-refractivity contribution in [3.63, 3.8) is 0 Å². The number of nitrogens with one attached hydrogen (secondary N) is 1. The van der Waals surface area contributed by atoms with Gasteiger partial charge in [0.25, 0.3) is 5.91 Å². The van der Waals surface area contributed by atoms with Crippen molar-refractivity contribution in [3.05, 3.63) is 64.4 Å². The van der Waals surface area contributed by atoms with Gasteiger partial charge in [-0.25, -0.2) is 18.1 Å². The van der Waals surface area contributed by atoms with Gasteiger partial charge in [-0.1, -0.05) is 51.5 Å². The molecule has 0 radical (unpaired) electrons. The Bertz CT molecular complexity index is 1100. The van der Waals surface area contributed by atoms with Crippen molar-refractivity contribution in [2.75, 3.05) is 5.75 Å². The van der Waals surface area contributed by atoms with Crippen LogP contribution < -0.4 is 4.72 Å². The second-order valence-electron chi connectivity index (χ2n) is 8.09. The summed E-state index contributed by atoms with van der Waals surface area (Å²) in [7, 11) is -3.64. The topological polar surface area (TPSA) is 81.1 Å². The summed E-state index contributed by atoms with van der Waals surface area (Å²) in [6.07, 6.45) is 7.54. The van der Waals surface area contributed by atoms with Gasteiger partial charge in [0.05, 0.1) is 12.1 Å². The highest BCUT2D eigenvalue weighted by Gasteiger charge is 2.22. The lowest BCUT2D eigenvalue weighted by Gasteiger charge is -2.08. The molecule has 1 aromatic carbocycles. The largest absolute Gasteiger partial charge is 0.333 e. The number of amides is 1. The first-order chi connectivity index (χ1) is 14.8. The van der Waals surface area contributed by atoms with Gasteiger partial charge in [0, 0.05) is 29.4 Å². The minimum atomic E-state index is -3.64. The molecule has 0 unspecified atom stereocenters. The molecular weight excluding hydrogens is 430 g/mol. The number of unbranched alkanes of at least 4 members (excludes halogenated alkanes) is 1. The Morgan fingerprint density at radius 1 is 1.23 bits per heavy atom. The Morgan fingerprint density at radius 2 is 1.97 bits per heavy atom. The minimum Gasteiger partial charge on any atom is -0.333 e. The molecule has 3 rings (SSSR count). The van der Waals surface area contributed by atoms with E-state index in [2.05, 4.69) is 23.6 Å². The van der Waals surface area contributed by atoms with E-state index < -0.39 is 15.9 Å². The second kappa shape index (κ2) is 10.2. The van der Waals surface area contributed by atoms with Gasteiger partial charge in [-0.15, -0.1) is 11.3 Å². The first kappa shape index (κ1) is 23.2. The number of rotatable bonds is 10. The summed E-state index contributed by atoms with van der Waals surface area (Å²) in [5.41, 5.74) is 2.79. The van der Waals surface area contributed by atoms with E-state index in [4.69, 9.17) is 0 Å². The lowest BCUT2D eigenvalue weighted by atomic mass is 10.0. The Morgan fingerprint density at radius 3 is 2.58 bits per heavy atom. The summed E-state index contributed by atoms with van der Waals surface area (Å²) in [5, 5.41) is 0. The minimum absolute atomic E-state index is 0.0439.